The SMILES string of the molecule is Fc1cc2c3n4c(c2cc1F)=Nc1c2c(F)c(F)c(F)c(F)c2c(n1B4Cl)N=C1N=C(N=3)c2c(F)c(F)c(F)c(F)c21. The topological polar surface area (TPSA) is 59.3 Å². The molecule has 5 aromatic rings. The maximum Gasteiger partial charge on any atom is 0.499 e. The molecule has 0 fully saturated rings. The third kappa shape index (κ3) is 2.74. The summed E-state index contributed by atoms with van der Waals surface area (Å²) in [5.74, 6) is -23.2. The smallest absolute Gasteiger partial charge is 0.319 e. The third-order valence-electron chi connectivity index (χ3n) is 7.16. The van der Waals surface area contributed by atoms with Crippen LogP contribution < -0.4 is 11.0 Å². The molecule has 208 valence electrons. The fraction of sp³-hybridized carbons (Fsp3) is 0. The standard InChI is InChI=1S/C24H2BClF10N6/c26-25-41-21-3-1-5(27)6(28)2-4(3)22(41)40-24-10-9(13(31)17(35)18(36)14(10)32)23(42(24)25)39-20-8-7(19(37-20)38-21)11(29)15(33)16(34)12(8)30/h1-2H. The number of halogens is 11. The second kappa shape index (κ2) is 7.79. The number of nitrogens with zero attached hydrogens (tertiary/aromatic N) is 6. The fourth-order valence-electron chi connectivity index (χ4n) is 5.36. The van der Waals surface area contributed by atoms with Gasteiger partial charge in [-0.2, -0.15) is 0 Å². The summed E-state index contributed by atoms with van der Waals surface area (Å²) in [4.78, 5) is 16.0. The van der Waals surface area contributed by atoms with E-state index in [1.54, 1.807) is 0 Å². The van der Waals surface area contributed by atoms with E-state index in [0.717, 1.165) is 4.48 Å². The number of aromatic nitrogens is 2. The van der Waals surface area contributed by atoms with Crippen molar-refractivity contribution in [2.24, 2.45) is 20.0 Å². The largest absolute Gasteiger partial charge is 0.499 e. The van der Waals surface area contributed by atoms with Crippen molar-refractivity contribution in [3.63, 3.8) is 0 Å². The van der Waals surface area contributed by atoms with Crippen molar-refractivity contribution in [1.82, 2.24) is 8.96 Å². The molecule has 0 saturated carbocycles. The molecule has 18 heteroatoms. The Morgan fingerprint density at radius 3 is 1.45 bits per heavy atom. The van der Waals surface area contributed by atoms with Crippen molar-refractivity contribution in [2.45, 2.75) is 0 Å². The zero-order chi connectivity index (χ0) is 29.7. The average Bonchev–Trinajstić information content (AvgIpc) is 3.58. The minimum Gasteiger partial charge on any atom is -0.319 e. The van der Waals surface area contributed by atoms with Crippen molar-refractivity contribution in [3.05, 3.63) is 92.4 Å². The van der Waals surface area contributed by atoms with Crippen molar-refractivity contribution in [1.29, 1.82) is 0 Å². The number of hydrogen-bond donors (Lipinski definition) is 0. The summed E-state index contributed by atoms with van der Waals surface area (Å²) in [7, 11) is 0. The van der Waals surface area contributed by atoms with Crippen LogP contribution in [0.25, 0.3) is 21.5 Å². The molecular weight excluding hydrogens is 609 g/mol. The van der Waals surface area contributed by atoms with E-state index in [4.69, 9.17) is 11.5 Å². The molecule has 0 atom stereocenters. The lowest BCUT2D eigenvalue weighted by Crippen LogP contribution is -2.45. The summed E-state index contributed by atoms with van der Waals surface area (Å²) in [6, 6.07) is 1.28. The Balaban J connectivity index is 1.71. The predicted octanol–water partition coefficient (Wildman–Crippen LogP) is 5.34. The molecule has 0 N–H and O–H groups in total. The van der Waals surface area contributed by atoms with Crippen LogP contribution in [0, 0.1) is 58.2 Å². The molecule has 5 heterocycles. The fourth-order valence-corrected chi connectivity index (χ4v) is 5.73. The van der Waals surface area contributed by atoms with Crippen LogP contribution in [0.4, 0.5) is 55.5 Å². The molecule has 0 amide bonds. The van der Waals surface area contributed by atoms with Gasteiger partial charge in [0.25, 0.3) is 0 Å². The molecule has 8 rings (SSSR count). The first-order valence-corrected chi connectivity index (χ1v) is 11.9. The van der Waals surface area contributed by atoms with Gasteiger partial charge in [-0.15, -0.1) is 11.5 Å². The van der Waals surface area contributed by atoms with Gasteiger partial charge in [0.1, 0.15) is 22.6 Å². The minimum atomic E-state index is -2.28. The van der Waals surface area contributed by atoms with Crippen molar-refractivity contribution in [2.75, 3.05) is 0 Å². The molecule has 3 aliphatic rings. The summed E-state index contributed by atoms with van der Waals surface area (Å²) < 4.78 is 149. The van der Waals surface area contributed by atoms with E-state index in [1.165, 1.54) is 0 Å². The lowest BCUT2D eigenvalue weighted by atomic mass is 10.1. The van der Waals surface area contributed by atoms with Gasteiger partial charge in [-0.3, -0.25) is 0 Å². The van der Waals surface area contributed by atoms with Crippen molar-refractivity contribution in [3.8, 4) is 0 Å². The molecule has 0 aliphatic carbocycles. The number of benzene rings is 3. The van der Waals surface area contributed by atoms with E-state index in [0.29, 0.717) is 16.6 Å². The van der Waals surface area contributed by atoms with E-state index < -0.39 is 115 Å². The summed E-state index contributed by atoms with van der Waals surface area (Å²) in [5, 5.41) is -2.61. The van der Waals surface area contributed by atoms with Gasteiger partial charge in [0.15, 0.2) is 69.8 Å². The van der Waals surface area contributed by atoms with E-state index in [-0.39, 0.29) is 16.3 Å². The lowest BCUT2D eigenvalue weighted by molar-refractivity contribution is 0.407. The number of aliphatic imine (C=N–C) groups is 2. The highest BCUT2D eigenvalue weighted by Crippen LogP contribution is 2.45. The van der Waals surface area contributed by atoms with Gasteiger partial charge >= 0.3 is 6.40 Å². The summed E-state index contributed by atoms with van der Waals surface area (Å²) in [6.45, 7) is 0. The van der Waals surface area contributed by atoms with Gasteiger partial charge in [0, 0.05) is 10.8 Å². The van der Waals surface area contributed by atoms with Crippen LogP contribution in [0.2, 0.25) is 0 Å². The first-order chi connectivity index (χ1) is 19.9. The third-order valence-corrected chi connectivity index (χ3v) is 7.55. The van der Waals surface area contributed by atoms with Crippen LogP contribution in [0.15, 0.2) is 32.1 Å². The van der Waals surface area contributed by atoms with Gasteiger partial charge in [0.2, 0.25) is 0 Å². The zero-order valence-corrected chi connectivity index (χ0v) is 20.3. The molecule has 0 unspecified atom stereocenters. The quantitative estimate of drug-likeness (QED) is 0.0984. The van der Waals surface area contributed by atoms with Gasteiger partial charge < -0.3 is 8.96 Å². The Morgan fingerprint density at radius 2 is 0.929 bits per heavy atom. The van der Waals surface area contributed by atoms with E-state index in [2.05, 4.69) is 20.0 Å². The molecule has 3 aromatic carbocycles. The van der Waals surface area contributed by atoms with Crippen LogP contribution in [-0.4, -0.2) is 27.0 Å². The molecule has 2 aromatic heterocycles. The monoisotopic (exact) mass is 610 g/mol. The molecular formula is C24H2BClF10N6. The highest BCUT2D eigenvalue weighted by Gasteiger charge is 2.41. The number of amidine groups is 2. The molecule has 0 saturated heterocycles. The Labute approximate surface area is 228 Å². The van der Waals surface area contributed by atoms with Crippen LogP contribution in [0.3, 0.4) is 0 Å². The Bertz CT molecular complexity index is 2400. The lowest BCUT2D eigenvalue weighted by Gasteiger charge is -2.18. The van der Waals surface area contributed by atoms with Gasteiger partial charge in [0.05, 0.1) is 21.9 Å². The van der Waals surface area contributed by atoms with Crippen LogP contribution >= 0.6 is 11.5 Å². The van der Waals surface area contributed by atoms with E-state index >= 15 is 17.6 Å². The molecule has 4 bridgehead atoms. The first kappa shape index (κ1) is 25.1. The second-order valence-corrected chi connectivity index (χ2v) is 9.65. The average molecular weight is 611 g/mol. The predicted molar refractivity (Wildman–Crippen MR) is 127 cm³/mol. The molecule has 0 radical (unpaired) electrons. The highest BCUT2D eigenvalue weighted by molar-refractivity contribution is 7.05. The maximum atomic E-state index is 15.3. The normalized spacial score (nSPS) is 14.7. The van der Waals surface area contributed by atoms with Crippen molar-refractivity contribution >= 4 is 62.7 Å². The highest BCUT2D eigenvalue weighted by atomic mass is 35.5. The van der Waals surface area contributed by atoms with Gasteiger partial charge in [-0.1, -0.05) is 0 Å². The summed E-state index contributed by atoms with van der Waals surface area (Å²) >= 11 is 6.68. The molecule has 6 nitrogen and oxygen atoms in total. The van der Waals surface area contributed by atoms with Crippen LogP contribution in [0.1, 0.15) is 11.1 Å². The van der Waals surface area contributed by atoms with Crippen LogP contribution in [-0.2, 0) is 0 Å². The van der Waals surface area contributed by atoms with E-state index in [9.17, 15) is 26.3 Å². The molecule has 42 heavy (non-hydrogen) atoms. The summed E-state index contributed by atoms with van der Waals surface area (Å²) in [6.07, 6.45) is -1.76. The Kier molecular flexibility index (Phi) is 4.65. The van der Waals surface area contributed by atoms with Gasteiger partial charge in [-0.05, 0) is 12.1 Å². The van der Waals surface area contributed by atoms with Crippen LogP contribution in [0.5, 0.6) is 0 Å². The second-order valence-electron chi connectivity index (χ2n) is 9.26. The molecule has 3 aliphatic heterocycles. The zero-order valence-electron chi connectivity index (χ0n) is 19.6. The number of fused-ring (bicyclic) bond motifs is 10. The van der Waals surface area contributed by atoms with Gasteiger partial charge in [-0.25, -0.2) is 63.9 Å². The number of hydrogen-bond acceptors (Lipinski definition) is 4. The summed E-state index contributed by atoms with van der Waals surface area (Å²) in [5.41, 5.74) is -3.02. The van der Waals surface area contributed by atoms with E-state index in [1.807, 2.05) is 0 Å². The maximum absolute atomic E-state index is 15.3. The van der Waals surface area contributed by atoms with Crippen molar-refractivity contribution < 1.29 is 43.9 Å². The first-order valence-electron chi connectivity index (χ1n) is 11.5. The number of rotatable bonds is 0. The molecule has 0 spiro atoms. The Hall–Kier alpha value is -4.67. The Morgan fingerprint density at radius 1 is 0.500 bits per heavy atom. The minimum absolute atomic E-state index is 0.250.